The monoisotopic (exact) mass is 1550 g/mol. The summed E-state index contributed by atoms with van der Waals surface area (Å²) in [6.07, 6.45) is -2.41. The van der Waals surface area contributed by atoms with Crippen LogP contribution in [0.1, 0.15) is 160 Å². The molecule has 1 heterocycles. The van der Waals surface area contributed by atoms with Gasteiger partial charge in [-0.2, -0.15) is 0 Å². The summed E-state index contributed by atoms with van der Waals surface area (Å²) in [6.45, 7) is 20.4. The lowest BCUT2D eigenvalue weighted by molar-refractivity contribution is -0.148. The number of ketones is 1. The normalized spacial score (nSPS) is 15.8. The first-order chi connectivity index (χ1) is 50.9. The summed E-state index contributed by atoms with van der Waals surface area (Å²) in [7, 11) is 9.71. The van der Waals surface area contributed by atoms with Gasteiger partial charge in [-0.1, -0.05) is 113 Å². The molecule has 1 aliphatic heterocycles. The highest BCUT2D eigenvalue weighted by Gasteiger charge is 2.44. The Morgan fingerprint density at radius 1 is 0.642 bits per heavy atom. The zero-order chi connectivity index (χ0) is 81.4. The number of alkyl carbamates (subject to hydrolysis) is 1. The first-order valence-corrected chi connectivity index (χ1v) is 37.4. The van der Waals surface area contributed by atoms with E-state index in [0.29, 0.717) is 32.4 Å². The van der Waals surface area contributed by atoms with Crippen LogP contribution in [0.5, 0.6) is 0 Å². The van der Waals surface area contributed by atoms with E-state index in [1.807, 2.05) is 99.5 Å². The van der Waals surface area contributed by atoms with E-state index >= 15 is 0 Å². The largest absolute Gasteiger partial charge is 0.480 e. The van der Waals surface area contributed by atoms with Gasteiger partial charge >= 0.3 is 18.0 Å². The van der Waals surface area contributed by atoms with Crippen LogP contribution in [0.4, 0.5) is 4.79 Å². The number of Topliss-reactive ketones (excluding diaryl/α,β-unsaturated/α-hetero) is 1. The van der Waals surface area contributed by atoms with E-state index in [1.54, 1.807) is 35.9 Å². The van der Waals surface area contributed by atoms with Crippen molar-refractivity contribution < 1.29 is 101 Å². The van der Waals surface area contributed by atoms with Crippen molar-refractivity contribution in [2.75, 3.05) is 115 Å². The van der Waals surface area contributed by atoms with Crippen molar-refractivity contribution in [3.05, 3.63) is 35.9 Å². The average Bonchev–Trinajstić information content (AvgIpc) is 1.73. The Morgan fingerprint density at radius 3 is 1.87 bits per heavy atom. The molecular formula is C76H130N12O21. The molecule has 33 heteroatoms. The Kier molecular flexibility index (Phi) is 46.9. The number of carbonyl (C=O) groups excluding carboxylic acids is 13. The number of rotatable bonds is 52. The lowest BCUT2D eigenvalue weighted by Gasteiger charge is -2.41. The predicted octanol–water partition coefficient (Wildman–Crippen LogP) is 2.43. The van der Waals surface area contributed by atoms with E-state index in [0.717, 1.165) is 5.56 Å². The fraction of sp³-hybridized carbons (Fsp3) is 0.737. The van der Waals surface area contributed by atoms with Crippen LogP contribution in [0, 0.1) is 35.0 Å². The average molecular weight is 1550 g/mol. The number of aliphatic carboxylic acids is 1. The molecule has 0 spiro atoms. The molecule has 0 unspecified atom stereocenters. The molecule has 12 atom stereocenters. The number of benzene rings is 1. The Balaban J connectivity index is 0.0000594. The third kappa shape index (κ3) is 37.2. The number of nitrogens with one attached hydrogen (secondary N) is 9. The highest BCUT2D eigenvalue weighted by atomic mass is 16.6. The highest BCUT2D eigenvalue weighted by Crippen LogP contribution is 2.30. The fourth-order valence-electron chi connectivity index (χ4n) is 12.4. The SMILES string of the molecule is C.CC[C@H](C)[C@@H]([C@@H](CC(=O)N1CCC[C@H]1[C@H](OC)[C@@H](C)C(=O)N[C@@H](Cc1ccccc1)C(=O)NCCCOC(=O)[C@H](C)NC(=O)CC[C@H](NC(=O)CCNC(=O)OC[C@H](CC(=O)CNC(=O)CCNC(=O)CCOCC(C)(C)C)C(=O)NCCOC)C(=O)O)OC)N(C)C(=O)[C@@H](NC(=O)[C@H](C(C)C)N(C)C)C(C)C. The van der Waals surface area contributed by atoms with Gasteiger partial charge in [0.25, 0.3) is 0 Å². The van der Waals surface area contributed by atoms with Crippen molar-refractivity contribution in [1.82, 2.24) is 62.6 Å². The predicted molar refractivity (Wildman–Crippen MR) is 406 cm³/mol. The number of esters is 1. The molecule has 1 fully saturated rings. The summed E-state index contributed by atoms with van der Waals surface area (Å²) < 4.78 is 33.1. The van der Waals surface area contributed by atoms with Crippen LogP contribution >= 0.6 is 0 Å². The molecule has 0 aromatic heterocycles. The van der Waals surface area contributed by atoms with E-state index in [-0.39, 0.29) is 132 Å². The van der Waals surface area contributed by atoms with Gasteiger partial charge in [-0.25, -0.2) is 14.4 Å². The second-order valence-corrected chi connectivity index (χ2v) is 29.6. The minimum atomic E-state index is -1.56. The molecule has 109 heavy (non-hydrogen) atoms. The fourth-order valence-corrected chi connectivity index (χ4v) is 12.4. The molecule has 1 aromatic carbocycles. The Hall–Kier alpha value is -8.40. The smallest absolute Gasteiger partial charge is 0.407 e. The molecule has 0 saturated carbocycles. The van der Waals surface area contributed by atoms with Crippen LogP contribution in [0.15, 0.2) is 30.3 Å². The maximum absolute atomic E-state index is 14.6. The van der Waals surface area contributed by atoms with Crippen molar-refractivity contribution in [1.29, 1.82) is 0 Å². The number of hydrogen-bond donors (Lipinski definition) is 10. The third-order valence-corrected chi connectivity index (χ3v) is 18.4. The number of likely N-dealkylation sites (N-methyl/N-ethyl adjacent to an activating group) is 2. The summed E-state index contributed by atoms with van der Waals surface area (Å²) in [5.41, 5.74) is 0.694. The van der Waals surface area contributed by atoms with Crippen LogP contribution < -0.4 is 47.9 Å². The molecule has 620 valence electrons. The van der Waals surface area contributed by atoms with Crippen molar-refractivity contribution in [3.8, 4) is 0 Å². The highest BCUT2D eigenvalue weighted by molar-refractivity contribution is 5.92. The van der Waals surface area contributed by atoms with Crippen LogP contribution in [-0.4, -0.2) is 272 Å². The Labute approximate surface area is 644 Å². The number of amides is 11. The maximum Gasteiger partial charge on any atom is 0.407 e. The van der Waals surface area contributed by atoms with Crippen LogP contribution in [-0.2, 0) is 97.2 Å². The van der Waals surface area contributed by atoms with E-state index < -0.39 is 164 Å². The zero-order valence-electron chi connectivity index (χ0n) is 66.7. The Bertz CT molecular complexity index is 3040. The minimum absolute atomic E-state index is 0. The first kappa shape index (κ1) is 98.6. The van der Waals surface area contributed by atoms with Gasteiger partial charge in [0.2, 0.25) is 59.1 Å². The minimum Gasteiger partial charge on any atom is -0.480 e. The van der Waals surface area contributed by atoms with Gasteiger partial charge < -0.3 is 91.2 Å². The molecule has 0 bridgehead atoms. The van der Waals surface area contributed by atoms with Gasteiger partial charge in [0.15, 0.2) is 5.78 Å². The summed E-state index contributed by atoms with van der Waals surface area (Å²) >= 11 is 0. The second kappa shape index (κ2) is 51.9. The molecule has 1 saturated heterocycles. The lowest BCUT2D eigenvalue weighted by atomic mass is 9.89. The molecule has 1 aromatic rings. The van der Waals surface area contributed by atoms with E-state index in [2.05, 4.69) is 47.9 Å². The lowest BCUT2D eigenvalue weighted by Crippen LogP contribution is -2.59. The van der Waals surface area contributed by atoms with Gasteiger partial charge in [-0.05, 0) is 75.4 Å². The van der Waals surface area contributed by atoms with E-state index in [1.165, 1.54) is 28.3 Å². The molecular weight excluding hydrogens is 1420 g/mol. The summed E-state index contributed by atoms with van der Waals surface area (Å²) in [4.78, 5) is 190. The van der Waals surface area contributed by atoms with Gasteiger partial charge in [0.05, 0.1) is 81.6 Å². The van der Waals surface area contributed by atoms with Crippen molar-refractivity contribution in [2.45, 2.75) is 215 Å². The number of methoxy groups -OCH3 is 3. The third-order valence-electron chi connectivity index (χ3n) is 18.4. The van der Waals surface area contributed by atoms with Crippen LogP contribution in [0.3, 0.4) is 0 Å². The van der Waals surface area contributed by atoms with Crippen molar-refractivity contribution in [3.63, 3.8) is 0 Å². The number of carboxylic acids is 1. The summed E-state index contributed by atoms with van der Waals surface area (Å²) in [5.74, 6) is -10.2. The molecule has 11 amide bonds. The van der Waals surface area contributed by atoms with Gasteiger partial charge in [-0.3, -0.25) is 57.6 Å². The summed E-state index contributed by atoms with van der Waals surface area (Å²) in [6, 6.07) is 2.80. The van der Waals surface area contributed by atoms with Crippen LogP contribution in [0.25, 0.3) is 0 Å². The number of likely N-dealkylation sites (tertiary alicyclic amines) is 1. The van der Waals surface area contributed by atoms with E-state index in [4.69, 9.17) is 28.4 Å². The number of ether oxygens (including phenoxy) is 6. The quantitative estimate of drug-likeness (QED) is 0.0331. The summed E-state index contributed by atoms with van der Waals surface area (Å²) in [5, 5.41) is 33.2. The topological polar surface area (TPSA) is 433 Å². The Morgan fingerprint density at radius 2 is 1.28 bits per heavy atom. The van der Waals surface area contributed by atoms with Crippen molar-refractivity contribution in [2.24, 2.45) is 35.0 Å². The van der Waals surface area contributed by atoms with Gasteiger partial charge in [0, 0.05) is 99.6 Å². The molecule has 33 nitrogen and oxygen atoms in total. The van der Waals surface area contributed by atoms with Crippen molar-refractivity contribution >= 4 is 82.9 Å². The number of carboxylic acid groups (broad SMARTS) is 1. The van der Waals surface area contributed by atoms with Gasteiger partial charge in [0.1, 0.15) is 30.8 Å². The number of hydrogen-bond acceptors (Lipinski definition) is 21. The molecule has 0 aliphatic carbocycles. The first-order valence-electron chi connectivity index (χ1n) is 37.4. The van der Waals surface area contributed by atoms with Gasteiger partial charge in [-0.15, -0.1) is 0 Å². The molecule has 10 N–H and O–H groups in total. The second-order valence-electron chi connectivity index (χ2n) is 29.6. The van der Waals surface area contributed by atoms with Crippen LogP contribution in [0.2, 0.25) is 0 Å². The maximum atomic E-state index is 14.6. The zero-order valence-corrected chi connectivity index (χ0v) is 66.7. The molecule has 1 aliphatic rings. The van der Waals surface area contributed by atoms with E-state index in [9.17, 15) is 72.2 Å². The standard InChI is InChI=1S/C75H126N12O21.CH4/c1-18-48(6)65(86(14)71(98)63(46(2)3)84-70(97)64(47(4)5)85(12)13)57(104-16)42-62(93)87-36-22-26-56(87)66(105-17)49(7)67(94)83-55(40-51-24-20-19-21-25-51)69(96)77-32-23-37-107-73(101)50(8)81-60(91)28-27-54(72(99)100)82-61(92)30-34-79-74(102)108-44-52(68(95)78-35-39-103-15)41-53(88)43-80-58(89)29-33-76-59(90)31-38-106-45-75(9,10)11;/h19-21,24-25,46-50,52,54-57,63-66H,18,22-23,26-45H2,1-17H3,(H,76,90)(H,77,96)(H,78,95)(H,79,102)(H,80,89)(H,81,91)(H,82,92)(H,83,94)(H,84,97)(H,99,100);1H4/t48-,49+,50-,52-,54-,55-,56-,57+,63-,64-,65-,66+;/m0./s1. The molecule has 2 rings (SSSR count). The molecule has 0 radical (unpaired) electrons. The number of nitrogens with zero attached hydrogens (tertiary/aromatic N) is 3. The number of carbonyl (C=O) groups is 14.